The van der Waals surface area contributed by atoms with Gasteiger partial charge in [0.1, 0.15) is 0 Å². The zero-order valence-electron chi connectivity index (χ0n) is 13.2. The molecule has 2 N–H and O–H groups in total. The summed E-state index contributed by atoms with van der Waals surface area (Å²) in [5.41, 5.74) is 3.77. The third kappa shape index (κ3) is 2.38. The molecule has 0 spiro atoms. The number of rotatable bonds is 3. The Bertz CT molecular complexity index is 954. The van der Waals surface area contributed by atoms with Gasteiger partial charge in [-0.3, -0.25) is 0 Å². The van der Waals surface area contributed by atoms with Crippen molar-refractivity contribution in [3.8, 4) is 5.75 Å². The molecule has 1 saturated heterocycles. The molecule has 2 aromatic rings. The van der Waals surface area contributed by atoms with Crippen molar-refractivity contribution in [3.05, 3.63) is 62.5 Å². The molecule has 25 heavy (non-hydrogen) atoms. The van der Waals surface area contributed by atoms with Crippen LogP contribution < -0.4 is 8.64 Å². The van der Waals surface area contributed by atoms with E-state index in [-0.39, 0.29) is 25.8 Å². The minimum absolute atomic E-state index is 0.124. The summed E-state index contributed by atoms with van der Waals surface area (Å²) < 4.78 is 3.19. The molecule has 0 aliphatic carbocycles. The van der Waals surface area contributed by atoms with Gasteiger partial charge in [-0.25, -0.2) is 0 Å². The Balaban J connectivity index is 1.51. The average molecular weight is 451 g/mol. The number of allylic oxidation sites excluding steroid dienone is 1. The van der Waals surface area contributed by atoms with Gasteiger partial charge in [0.2, 0.25) is 0 Å². The normalized spacial score (nSPS) is 23.2. The zero-order chi connectivity index (χ0) is 17.1. The quantitative estimate of drug-likeness (QED) is 0.752. The molecule has 0 radical (unpaired) electrons. The van der Waals surface area contributed by atoms with Crippen molar-refractivity contribution in [2.45, 2.75) is 15.3 Å². The fourth-order valence-corrected chi connectivity index (χ4v) is 18.7. The number of carbonyl (C=O) groups is 2. The van der Waals surface area contributed by atoms with Crippen LogP contribution in [0.2, 0.25) is 0 Å². The number of carbonyl (C=O) groups excluding carboxylic acids is 2. The molecule has 2 unspecified atom stereocenters. The summed E-state index contributed by atoms with van der Waals surface area (Å²) >= 11 is -1.24. The molecule has 2 amide bonds. The number of phenolic OH excluding ortho intramolecular Hbond substituents is 1. The third-order valence-corrected chi connectivity index (χ3v) is 18.1. The molecule has 6 heteroatoms. The molecule has 4 nitrogen and oxygen atoms in total. The van der Waals surface area contributed by atoms with Crippen molar-refractivity contribution < 1.29 is 14.7 Å². The summed E-state index contributed by atoms with van der Waals surface area (Å²) in [6.07, 6.45) is 3.20. The van der Waals surface area contributed by atoms with Crippen LogP contribution in [-0.2, 0) is 11.2 Å². The van der Waals surface area contributed by atoms with Gasteiger partial charge in [0, 0.05) is 0 Å². The molecule has 2 aromatic carbocycles. The first-order valence-electron chi connectivity index (χ1n) is 8.24. The average Bonchev–Trinajstić information content (AvgIpc) is 3.15. The number of thioether (sulfide) groups is 1. The predicted octanol–water partition coefficient (Wildman–Crippen LogP) is 2.26. The second-order valence-electron chi connectivity index (χ2n) is 6.73. The van der Waals surface area contributed by atoms with Crippen LogP contribution in [0.3, 0.4) is 0 Å². The molecule has 122 valence electrons. The Morgan fingerprint density at radius 1 is 1.12 bits per heavy atom. The maximum atomic E-state index is 12.3. The Morgan fingerprint density at radius 3 is 2.60 bits per heavy atom. The summed E-state index contributed by atoms with van der Waals surface area (Å²) in [4.78, 5) is 24.0. The van der Waals surface area contributed by atoms with Gasteiger partial charge in [-0.05, 0) is 0 Å². The molecular weight excluding hydrogens is 437 g/mol. The second-order valence-corrected chi connectivity index (χ2v) is 16.5. The topological polar surface area (TPSA) is 66.4 Å². The number of aromatic hydroxyl groups is 1. The molecule has 3 aliphatic rings. The Kier molecular flexibility index (Phi) is 3.54. The van der Waals surface area contributed by atoms with Crippen LogP contribution in [0.4, 0.5) is 4.79 Å². The van der Waals surface area contributed by atoms with Gasteiger partial charge in [0.15, 0.2) is 0 Å². The molecule has 0 saturated carbocycles. The zero-order valence-corrected chi connectivity index (χ0v) is 17.3. The first-order chi connectivity index (χ1) is 12.1. The van der Waals surface area contributed by atoms with Gasteiger partial charge in [0.25, 0.3) is 0 Å². The number of hydrogen-bond acceptors (Lipinski definition) is 4. The van der Waals surface area contributed by atoms with E-state index in [1.54, 1.807) is 12.1 Å². The van der Waals surface area contributed by atoms with Crippen molar-refractivity contribution in [2.24, 2.45) is 0 Å². The fraction of sp³-hybridized carbons (Fsp3) is 0.158. The molecule has 3 aliphatic heterocycles. The summed E-state index contributed by atoms with van der Waals surface area (Å²) in [6.45, 7) is 0. The van der Waals surface area contributed by atoms with Crippen LogP contribution in [0.15, 0.2) is 45.8 Å². The number of phenols is 1. The van der Waals surface area contributed by atoms with E-state index in [1.807, 2.05) is 12.1 Å². The summed E-state index contributed by atoms with van der Waals surface area (Å²) in [6, 6.07) is 13.8. The Hall–Kier alpha value is -1.66. The number of hydrogen-bond donors (Lipinski definition) is 2. The number of benzene rings is 2. The standard InChI is InChI=1S/C19H14NO3S.In/c21-16-10-8-13(9-11-16)4-3-7-14-5-1-2-6-15(14)12-17-18(22)20-19(23)24-17;/h1-2,6-12,17,21H,4H2,(H,20,22,23);. The summed E-state index contributed by atoms with van der Waals surface area (Å²) in [5.74, 6) is 0.151. The van der Waals surface area contributed by atoms with E-state index < -0.39 is 21.4 Å². The van der Waals surface area contributed by atoms with E-state index >= 15 is 0 Å². The monoisotopic (exact) mass is 451 g/mol. The number of nitrogens with one attached hydrogen (secondary N) is 1. The molecule has 0 aromatic heterocycles. The minimum atomic E-state index is -2.41. The SMILES string of the molecule is O=C1NC(=O)C([CH]2c3ccc[c]4c3C=[C](Cc3ccc(O)cc3)[In]42)S1. The molecule has 3 heterocycles. The van der Waals surface area contributed by atoms with Crippen molar-refractivity contribution in [2.75, 3.05) is 0 Å². The van der Waals surface area contributed by atoms with Crippen molar-refractivity contribution in [3.63, 3.8) is 0 Å². The fourth-order valence-electron chi connectivity index (χ4n) is 4.36. The van der Waals surface area contributed by atoms with E-state index in [0.29, 0.717) is 0 Å². The Morgan fingerprint density at radius 2 is 1.92 bits per heavy atom. The first-order valence-corrected chi connectivity index (χ1v) is 14.3. The number of amides is 2. The van der Waals surface area contributed by atoms with E-state index in [1.165, 1.54) is 35.1 Å². The van der Waals surface area contributed by atoms with Crippen molar-refractivity contribution in [1.82, 2.24) is 5.32 Å². The van der Waals surface area contributed by atoms with Crippen molar-refractivity contribution in [1.29, 1.82) is 0 Å². The summed E-state index contributed by atoms with van der Waals surface area (Å²) in [5, 5.41) is 11.5. The van der Waals surface area contributed by atoms with Gasteiger partial charge in [0.05, 0.1) is 0 Å². The molecule has 4 bridgehead atoms. The van der Waals surface area contributed by atoms with E-state index in [2.05, 4.69) is 29.6 Å². The number of imide groups is 1. The van der Waals surface area contributed by atoms with Gasteiger partial charge in [-0.15, -0.1) is 0 Å². The van der Waals surface area contributed by atoms with Crippen LogP contribution in [-0.4, -0.2) is 42.9 Å². The van der Waals surface area contributed by atoms with Crippen LogP contribution in [0, 0.1) is 0 Å². The van der Waals surface area contributed by atoms with Crippen LogP contribution in [0.25, 0.3) is 6.08 Å². The van der Waals surface area contributed by atoms with Crippen LogP contribution in [0.1, 0.15) is 20.4 Å². The molecular formula is C19H14InNO3S. The van der Waals surface area contributed by atoms with E-state index in [9.17, 15) is 14.7 Å². The van der Waals surface area contributed by atoms with Gasteiger partial charge >= 0.3 is 157 Å². The maximum absolute atomic E-state index is 12.3. The van der Waals surface area contributed by atoms with E-state index in [0.717, 1.165) is 6.42 Å². The molecule has 5 rings (SSSR count). The first kappa shape index (κ1) is 15.6. The second kappa shape index (κ2) is 5.68. The molecule has 2 atom stereocenters. The van der Waals surface area contributed by atoms with E-state index in [4.69, 9.17) is 0 Å². The third-order valence-electron chi connectivity index (χ3n) is 5.34. The van der Waals surface area contributed by atoms with Crippen LogP contribution in [0.5, 0.6) is 5.75 Å². The van der Waals surface area contributed by atoms with Gasteiger partial charge in [-0.1, -0.05) is 0 Å². The van der Waals surface area contributed by atoms with Gasteiger partial charge in [-0.2, -0.15) is 0 Å². The summed E-state index contributed by atoms with van der Waals surface area (Å²) in [7, 11) is 0. The van der Waals surface area contributed by atoms with Crippen LogP contribution >= 0.6 is 11.8 Å². The predicted molar refractivity (Wildman–Crippen MR) is 99.3 cm³/mol. The molecule has 1 fully saturated rings. The van der Waals surface area contributed by atoms with Gasteiger partial charge < -0.3 is 0 Å². The van der Waals surface area contributed by atoms with Crippen molar-refractivity contribution >= 4 is 53.7 Å². The Labute approximate surface area is 156 Å².